The lowest BCUT2D eigenvalue weighted by atomic mass is 10.0. The van der Waals surface area contributed by atoms with Gasteiger partial charge in [0, 0.05) is 11.6 Å². The third kappa shape index (κ3) is 2.93. The average Bonchev–Trinajstić information content (AvgIpc) is 2.16. The molecule has 2 unspecified atom stereocenters. The van der Waals surface area contributed by atoms with Gasteiger partial charge < -0.3 is 10.5 Å². The predicted octanol–water partition coefficient (Wildman–Crippen LogP) is 2.62. The third-order valence-corrected chi connectivity index (χ3v) is 2.30. The van der Waals surface area contributed by atoms with Crippen molar-refractivity contribution in [3.05, 3.63) is 29.3 Å². The minimum absolute atomic E-state index is 0.0454. The normalized spacial score (nSPS) is 14.7. The van der Waals surface area contributed by atoms with E-state index < -0.39 is 6.17 Å². The Morgan fingerprint density at radius 1 is 1.40 bits per heavy atom. The zero-order chi connectivity index (χ0) is 11.4. The van der Waals surface area contributed by atoms with Crippen molar-refractivity contribution in [2.45, 2.75) is 32.5 Å². The SMILES string of the molecule is COc1c(CC(C)N)cccc1C(C)F. The van der Waals surface area contributed by atoms with Crippen LogP contribution in [0.3, 0.4) is 0 Å². The van der Waals surface area contributed by atoms with Gasteiger partial charge in [-0.25, -0.2) is 4.39 Å². The number of alkyl halides is 1. The molecular formula is C12H18FNO. The lowest BCUT2D eigenvalue weighted by molar-refractivity contribution is 0.344. The first-order valence-electron chi connectivity index (χ1n) is 5.11. The van der Waals surface area contributed by atoms with Crippen LogP contribution < -0.4 is 10.5 Å². The standard InChI is InChI=1S/C12H18FNO/c1-8(14)7-10-5-4-6-11(9(2)13)12(10)15-3/h4-6,8-9H,7,14H2,1-3H3. The number of ether oxygens (including phenoxy) is 1. The van der Waals surface area contributed by atoms with E-state index in [1.54, 1.807) is 13.2 Å². The fourth-order valence-corrected chi connectivity index (χ4v) is 1.67. The van der Waals surface area contributed by atoms with E-state index in [1.165, 1.54) is 6.92 Å². The van der Waals surface area contributed by atoms with Crippen LogP contribution in [0, 0.1) is 0 Å². The molecule has 3 heteroatoms. The first-order valence-corrected chi connectivity index (χ1v) is 5.11. The van der Waals surface area contributed by atoms with Crippen LogP contribution in [0.5, 0.6) is 5.75 Å². The van der Waals surface area contributed by atoms with Crippen LogP contribution in [0.15, 0.2) is 18.2 Å². The Morgan fingerprint density at radius 2 is 2.07 bits per heavy atom. The van der Waals surface area contributed by atoms with E-state index in [2.05, 4.69) is 0 Å². The molecule has 0 bridgehead atoms. The Morgan fingerprint density at radius 3 is 2.53 bits per heavy atom. The van der Waals surface area contributed by atoms with Crippen molar-refractivity contribution < 1.29 is 9.13 Å². The van der Waals surface area contributed by atoms with Crippen LogP contribution in [0.4, 0.5) is 4.39 Å². The van der Waals surface area contributed by atoms with Gasteiger partial charge in [-0.05, 0) is 25.8 Å². The number of para-hydroxylation sites is 1. The first kappa shape index (κ1) is 12.0. The summed E-state index contributed by atoms with van der Waals surface area (Å²) in [5.74, 6) is 0.629. The summed E-state index contributed by atoms with van der Waals surface area (Å²) in [6.07, 6.45) is -0.322. The molecule has 2 N–H and O–H groups in total. The van der Waals surface area contributed by atoms with Gasteiger partial charge in [-0.1, -0.05) is 18.2 Å². The number of halogens is 1. The van der Waals surface area contributed by atoms with Crippen LogP contribution in [-0.4, -0.2) is 13.2 Å². The number of benzene rings is 1. The van der Waals surface area contributed by atoms with Crippen LogP contribution >= 0.6 is 0 Å². The van der Waals surface area contributed by atoms with Gasteiger partial charge >= 0.3 is 0 Å². The van der Waals surface area contributed by atoms with Gasteiger partial charge in [0.05, 0.1) is 7.11 Å². The van der Waals surface area contributed by atoms with E-state index in [0.717, 1.165) is 5.56 Å². The van der Waals surface area contributed by atoms with Gasteiger partial charge in [0.2, 0.25) is 0 Å². The third-order valence-electron chi connectivity index (χ3n) is 2.30. The van der Waals surface area contributed by atoms with Crippen molar-refractivity contribution in [2.75, 3.05) is 7.11 Å². The first-order chi connectivity index (χ1) is 7.06. The molecule has 0 fully saturated rings. The number of methoxy groups -OCH3 is 1. The van der Waals surface area contributed by atoms with E-state index in [9.17, 15) is 4.39 Å². The number of hydrogen-bond acceptors (Lipinski definition) is 2. The second kappa shape index (κ2) is 5.12. The van der Waals surface area contributed by atoms with Crippen LogP contribution in [0.1, 0.15) is 31.1 Å². The monoisotopic (exact) mass is 211 g/mol. The molecule has 0 aromatic heterocycles. The van der Waals surface area contributed by atoms with Gasteiger partial charge in [0.1, 0.15) is 11.9 Å². The second-order valence-corrected chi connectivity index (χ2v) is 3.84. The Bertz CT molecular complexity index is 323. The quantitative estimate of drug-likeness (QED) is 0.830. The van der Waals surface area contributed by atoms with E-state index in [1.807, 2.05) is 19.1 Å². The summed E-state index contributed by atoms with van der Waals surface area (Å²) in [6.45, 7) is 3.43. The van der Waals surface area contributed by atoms with Gasteiger partial charge in [-0.15, -0.1) is 0 Å². The number of hydrogen-bond donors (Lipinski definition) is 1. The molecule has 0 heterocycles. The molecule has 1 aromatic carbocycles. The molecule has 1 aromatic rings. The fraction of sp³-hybridized carbons (Fsp3) is 0.500. The maximum absolute atomic E-state index is 13.3. The molecule has 0 spiro atoms. The van der Waals surface area contributed by atoms with Crippen LogP contribution in [-0.2, 0) is 6.42 Å². The molecule has 2 atom stereocenters. The number of rotatable bonds is 4. The second-order valence-electron chi connectivity index (χ2n) is 3.84. The highest BCUT2D eigenvalue weighted by Crippen LogP contribution is 2.31. The highest BCUT2D eigenvalue weighted by Gasteiger charge is 2.14. The summed E-state index contributed by atoms with van der Waals surface area (Å²) in [5, 5.41) is 0. The van der Waals surface area contributed by atoms with Gasteiger partial charge in [-0.3, -0.25) is 0 Å². The maximum atomic E-state index is 13.3. The summed E-state index contributed by atoms with van der Waals surface area (Å²) in [5.41, 5.74) is 7.29. The minimum Gasteiger partial charge on any atom is -0.496 e. The molecule has 0 aliphatic carbocycles. The molecule has 0 saturated carbocycles. The summed E-state index contributed by atoms with van der Waals surface area (Å²) < 4.78 is 18.5. The summed E-state index contributed by atoms with van der Waals surface area (Å²) in [6, 6.07) is 5.55. The Kier molecular flexibility index (Phi) is 4.09. The fourth-order valence-electron chi connectivity index (χ4n) is 1.67. The average molecular weight is 211 g/mol. The molecule has 0 amide bonds. The zero-order valence-electron chi connectivity index (χ0n) is 9.46. The molecule has 84 valence electrons. The van der Waals surface area contributed by atoms with Crippen molar-refractivity contribution in [1.82, 2.24) is 0 Å². The molecule has 0 radical (unpaired) electrons. The summed E-state index contributed by atoms with van der Waals surface area (Å²) in [4.78, 5) is 0. The minimum atomic E-state index is -1.02. The highest BCUT2D eigenvalue weighted by molar-refractivity contribution is 5.43. The van der Waals surface area contributed by atoms with E-state index >= 15 is 0 Å². The highest BCUT2D eigenvalue weighted by atomic mass is 19.1. The van der Waals surface area contributed by atoms with E-state index in [4.69, 9.17) is 10.5 Å². The van der Waals surface area contributed by atoms with E-state index in [0.29, 0.717) is 17.7 Å². The molecular weight excluding hydrogens is 193 g/mol. The van der Waals surface area contributed by atoms with Crippen molar-refractivity contribution in [3.8, 4) is 5.75 Å². The molecule has 0 aliphatic rings. The summed E-state index contributed by atoms with van der Waals surface area (Å²) >= 11 is 0. The lowest BCUT2D eigenvalue weighted by Gasteiger charge is -2.15. The summed E-state index contributed by atoms with van der Waals surface area (Å²) in [7, 11) is 1.56. The molecule has 0 aliphatic heterocycles. The van der Waals surface area contributed by atoms with Gasteiger partial charge in [-0.2, -0.15) is 0 Å². The lowest BCUT2D eigenvalue weighted by Crippen LogP contribution is -2.18. The van der Waals surface area contributed by atoms with Crippen molar-refractivity contribution in [3.63, 3.8) is 0 Å². The Labute approximate surface area is 90.2 Å². The van der Waals surface area contributed by atoms with Crippen molar-refractivity contribution in [2.24, 2.45) is 5.73 Å². The van der Waals surface area contributed by atoms with Crippen LogP contribution in [0.2, 0.25) is 0 Å². The zero-order valence-corrected chi connectivity index (χ0v) is 9.46. The molecule has 0 saturated heterocycles. The van der Waals surface area contributed by atoms with Crippen molar-refractivity contribution in [1.29, 1.82) is 0 Å². The smallest absolute Gasteiger partial charge is 0.128 e. The van der Waals surface area contributed by atoms with Crippen molar-refractivity contribution >= 4 is 0 Å². The van der Waals surface area contributed by atoms with Gasteiger partial charge in [0.25, 0.3) is 0 Å². The number of nitrogens with two attached hydrogens (primary N) is 1. The Hall–Kier alpha value is -1.09. The van der Waals surface area contributed by atoms with Crippen LogP contribution in [0.25, 0.3) is 0 Å². The topological polar surface area (TPSA) is 35.2 Å². The largest absolute Gasteiger partial charge is 0.496 e. The molecule has 15 heavy (non-hydrogen) atoms. The van der Waals surface area contributed by atoms with Gasteiger partial charge in [0.15, 0.2) is 0 Å². The predicted molar refractivity (Wildman–Crippen MR) is 59.9 cm³/mol. The maximum Gasteiger partial charge on any atom is 0.128 e. The van der Waals surface area contributed by atoms with E-state index in [-0.39, 0.29) is 6.04 Å². The molecule has 1 rings (SSSR count). The molecule has 2 nitrogen and oxygen atoms in total. The Balaban J connectivity index is 3.10.